The van der Waals surface area contributed by atoms with Crippen LogP contribution in [-0.4, -0.2) is 29.8 Å². The highest BCUT2D eigenvalue weighted by atomic mass is 16.5. The Morgan fingerprint density at radius 1 is 1.42 bits per heavy atom. The zero-order chi connectivity index (χ0) is 14.4. The van der Waals surface area contributed by atoms with Crippen LogP contribution in [-0.2, 0) is 9.53 Å². The molecule has 1 heterocycles. The molecule has 1 aromatic rings. The molecule has 0 saturated carbocycles. The Balaban J connectivity index is 2.31. The van der Waals surface area contributed by atoms with Crippen molar-refractivity contribution < 1.29 is 18.8 Å². The summed E-state index contributed by atoms with van der Waals surface area (Å²) in [6.07, 6.45) is -0.165. The Labute approximate surface area is 111 Å². The van der Waals surface area contributed by atoms with Gasteiger partial charge in [0.1, 0.15) is 5.76 Å². The maximum atomic E-state index is 11.5. The lowest BCUT2D eigenvalue weighted by Gasteiger charge is -2.14. The first kappa shape index (κ1) is 15.0. The van der Waals surface area contributed by atoms with E-state index in [1.165, 1.54) is 0 Å². The number of hydrogen-bond acceptors (Lipinski definition) is 5. The first-order valence-corrected chi connectivity index (χ1v) is 6.07. The first-order chi connectivity index (χ1) is 8.88. The smallest absolute Gasteiger partial charge is 0.320 e. The van der Waals surface area contributed by atoms with E-state index in [4.69, 9.17) is 9.26 Å². The van der Waals surface area contributed by atoms with Crippen LogP contribution in [0.4, 0.5) is 10.6 Å². The summed E-state index contributed by atoms with van der Waals surface area (Å²) in [5.74, 6) is 0.177. The molecule has 7 heteroatoms. The molecule has 0 spiro atoms. The highest BCUT2D eigenvalue weighted by Crippen LogP contribution is 2.06. The normalized spacial score (nSPS) is 12.1. The minimum absolute atomic E-state index is 0.165. The van der Waals surface area contributed by atoms with Gasteiger partial charge in [-0.1, -0.05) is 12.1 Å². The number of nitrogens with one attached hydrogen (secondary N) is 2. The van der Waals surface area contributed by atoms with E-state index in [1.807, 2.05) is 0 Å². The zero-order valence-corrected chi connectivity index (χ0v) is 11.5. The fourth-order valence-electron chi connectivity index (χ4n) is 1.26. The molecule has 0 aliphatic carbocycles. The number of amides is 2. The number of urea groups is 1. The van der Waals surface area contributed by atoms with Crippen LogP contribution < -0.4 is 10.6 Å². The van der Waals surface area contributed by atoms with Crippen LogP contribution in [0.1, 0.15) is 26.5 Å². The molecule has 19 heavy (non-hydrogen) atoms. The molecule has 106 valence electrons. The lowest BCUT2D eigenvalue weighted by molar-refractivity contribution is -0.151. The van der Waals surface area contributed by atoms with Gasteiger partial charge in [-0.3, -0.25) is 10.1 Å². The van der Waals surface area contributed by atoms with Crippen molar-refractivity contribution in [2.45, 2.75) is 33.8 Å². The third kappa shape index (κ3) is 5.41. The minimum atomic E-state index is -0.447. The molecule has 0 aliphatic rings. The van der Waals surface area contributed by atoms with Crippen molar-refractivity contribution in [1.29, 1.82) is 0 Å². The Morgan fingerprint density at radius 2 is 2.11 bits per heavy atom. The monoisotopic (exact) mass is 269 g/mol. The van der Waals surface area contributed by atoms with Crippen molar-refractivity contribution >= 4 is 17.8 Å². The van der Waals surface area contributed by atoms with Crippen molar-refractivity contribution in [3.8, 4) is 0 Å². The van der Waals surface area contributed by atoms with Gasteiger partial charge in [-0.15, -0.1) is 0 Å². The highest BCUT2D eigenvalue weighted by molar-refractivity contribution is 5.88. The Morgan fingerprint density at radius 3 is 2.63 bits per heavy atom. The lowest BCUT2D eigenvalue weighted by atomic mass is 10.2. The molecule has 0 radical (unpaired) electrons. The molecule has 0 saturated heterocycles. The summed E-state index contributed by atoms with van der Waals surface area (Å²) in [7, 11) is 0. The SMILES string of the molecule is Cc1cc(NC(=O)NC[C@H](C)C(=O)OC(C)C)no1. The summed E-state index contributed by atoms with van der Waals surface area (Å²) in [5, 5.41) is 8.67. The molecular weight excluding hydrogens is 250 g/mol. The third-order valence-corrected chi connectivity index (χ3v) is 2.19. The standard InChI is InChI=1S/C12H19N3O4/c1-7(2)18-11(16)8(3)6-13-12(17)14-10-5-9(4)19-15-10/h5,7-8H,6H2,1-4H3,(H2,13,14,15,17)/t8-/m0/s1. The number of esters is 1. The number of nitrogens with zero attached hydrogens (tertiary/aromatic N) is 1. The van der Waals surface area contributed by atoms with E-state index in [0.717, 1.165) is 0 Å². The van der Waals surface area contributed by atoms with E-state index < -0.39 is 11.9 Å². The number of carbonyl (C=O) groups is 2. The molecule has 2 N–H and O–H groups in total. The second-order valence-electron chi connectivity index (χ2n) is 4.54. The van der Waals surface area contributed by atoms with Gasteiger partial charge < -0.3 is 14.6 Å². The van der Waals surface area contributed by atoms with Gasteiger partial charge in [-0.25, -0.2) is 4.79 Å². The van der Waals surface area contributed by atoms with E-state index in [0.29, 0.717) is 11.6 Å². The van der Waals surface area contributed by atoms with Gasteiger partial charge in [0.05, 0.1) is 12.0 Å². The summed E-state index contributed by atoms with van der Waals surface area (Å²) in [6, 6.07) is 1.15. The number of rotatable bonds is 5. The predicted molar refractivity (Wildman–Crippen MR) is 68.7 cm³/mol. The lowest BCUT2D eigenvalue weighted by Crippen LogP contribution is -2.35. The molecule has 1 aromatic heterocycles. The van der Waals surface area contributed by atoms with Gasteiger partial charge in [-0.2, -0.15) is 0 Å². The number of hydrogen-bond donors (Lipinski definition) is 2. The van der Waals surface area contributed by atoms with Crippen LogP contribution in [0.3, 0.4) is 0 Å². The third-order valence-electron chi connectivity index (χ3n) is 2.19. The number of aromatic nitrogens is 1. The van der Waals surface area contributed by atoms with Gasteiger partial charge in [0.2, 0.25) is 0 Å². The van der Waals surface area contributed by atoms with Crippen molar-refractivity contribution in [2.24, 2.45) is 5.92 Å². The van der Waals surface area contributed by atoms with E-state index >= 15 is 0 Å². The topological polar surface area (TPSA) is 93.5 Å². The van der Waals surface area contributed by atoms with Crippen LogP contribution in [0.25, 0.3) is 0 Å². The molecule has 2 amide bonds. The molecule has 0 fully saturated rings. The first-order valence-electron chi connectivity index (χ1n) is 6.07. The molecule has 1 rings (SSSR count). The average molecular weight is 269 g/mol. The summed E-state index contributed by atoms with van der Waals surface area (Å²) < 4.78 is 9.83. The van der Waals surface area contributed by atoms with Gasteiger partial charge in [0.15, 0.2) is 5.82 Å². The van der Waals surface area contributed by atoms with Gasteiger partial charge in [0, 0.05) is 12.6 Å². The van der Waals surface area contributed by atoms with Crippen LogP contribution in [0.5, 0.6) is 0 Å². The van der Waals surface area contributed by atoms with E-state index in [1.54, 1.807) is 33.8 Å². The average Bonchev–Trinajstić information content (AvgIpc) is 2.70. The number of aryl methyl sites for hydroxylation is 1. The highest BCUT2D eigenvalue weighted by Gasteiger charge is 2.16. The molecule has 0 bridgehead atoms. The minimum Gasteiger partial charge on any atom is -0.463 e. The fourth-order valence-corrected chi connectivity index (χ4v) is 1.26. The quantitative estimate of drug-likeness (QED) is 0.793. The van der Waals surface area contributed by atoms with Crippen LogP contribution >= 0.6 is 0 Å². The second kappa shape index (κ2) is 6.77. The molecule has 0 aromatic carbocycles. The van der Waals surface area contributed by atoms with E-state index in [2.05, 4.69) is 15.8 Å². The van der Waals surface area contributed by atoms with Crippen molar-refractivity contribution in [3.63, 3.8) is 0 Å². The fraction of sp³-hybridized carbons (Fsp3) is 0.583. The zero-order valence-electron chi connectivity index (χ0n) is 11.5. The summed E-state index contributed by atoms with van der Waals surface area (Å²) in [6.45, 7) is 7.15. The van der Waals surface area contributed by atoms with E-state index in [9.17, 15) is 9.59 Å². The number of anilines is 1. The van der Waals surface area contributed by atoms with Gasteiger partial charge in [-0.05, 0) is 20.8 Å². The van der Waals surface area contributed by atoms with Crippen molar-refractivity contribution in [2.75, 3.05) is 11.9 Å². The Kier molecular flexibility index (Phi) is 5.35. The number of carbonyl (C=O) groups excluding carboxylic acids is 2. The van der Waals surface area contributed by atoms with Crippen LogP contribution in [0.15, 0.2) is 10.6 Å². The van der Waals surface area contributed by atoms with Crippen LogP contribution in [0, 0.1) is 12.8 Å². The molecule has 0 unspecified atom stereocenters. The van der Waals surface area contributed by atoms with Gasteiger partial charge >= 0.3 is 12.0 Å². The number of ether oxygens (including phenoxy) is 1. The molecular formula is C12H19N3O4. The molecule has 0 aliphatic heterocycles. The van der Waals surface area contributed by atoms with Gasteiger partial charge in [0.25, 0.3) is 0 Å². The Bertz CT molecular complexity index is 442. The Hall–Kier alpha value is -2.05. The second-order valence-corrected chi connectivity index (χ2v) is 4.54. The van der Waals surface area contributed by atoms with Crippen LogP contribution in [0.2, 0.25) is 0 Å². The van der Waals surface area contributed by atoms with Crippen molar-refractivity contribution in [3.05, 3.63) is 11.8 Å². The predicted octanol–water partition coefficient (Wildman–Crippen LogP) is 1.69. The summed E-state index contributed by atoms with van der Waals surface area (Å²) in [5.41, 5.74) is 0. The van der Waals surface area contributed by atoms with E-state index in [-0.39, 0.29) is 18.6 Å². The van der Waals surface area contributed by atoms with Crippen molar-refractivity contribution in [1.82, 2.24) is 10.5 Å². The molecule has 7 nitrogen and oxygen atoms in total. The largest absolute Gasteiger partial charge is 0.463 e. The summed E-state index contributed by atoms with van der Waals surface area (Å²) in [4.78, 5) is 23.0. The maximum Gasteiger partial charge on any atom is 0.320 e. The maximum absolute atomic E-state index is 11.5. The molecule has 1 atom stereocenters. The summed E-state index contributed by atoms with van der Waals surface area (Å²) >= 11 is 0.